The predicted molar refractivity (Wildman–Crippen MR) is 79.2 cm³/mol. The summed E-state index contributed by atoms with van der Waals surface area (Å²) in [5, 5.41) is 9.81. The van der Waals surface area contributed by atoms with Crippen molar-refractivity contribution in [2.24, 2.45) is 0 Å². The molecule has 21 heavy (non-hydrogen) atoms. The molecule has 3 aromatic rings. The second kappa shape index (κ2) is 4.90. The Labute approximate surface area is 122 Å². The Morgan fingerprint density at radius 2 is 2.24 bits per heavy atom. The number of hydrogen-bond acceptors (Lipinski definition) is 3. The first-order valence-corrected chi connectivity index (χ1v) is 7.16. The minimum absolute atomic E-state index is 0.313. The lowest BCUT2D eigenvalue weighted by Crippen LogP contribution is -1.97. The summed E-state index contributed by atoms with van der Waals surface area (Å²) in [4.78, 5) is 4.51. The zero-order chi connectivity index (χ0) is 14.2. The summed E-state index contributed by atoms with van der Waals surface area (Å²) in [5.41, 5.74) is 4.06. The zero-order valence-corrected chi connectivity index (χ0v) is 11.6. The summed E-state index contributed by atoms with van der Waals surface area (Å²) in [6.07, 6.45) is 5.37. The number of aliphatic hydroxyl groups is 1. The van der Waals surface area contributed by atoms with Gasteiger partial charge in [0.25, 0.3) is 0 Å². The lowest BCUT2D eigenvalue weighted by molar-refractivity contribution is 0.180. The van der Waals surface area contributed by atoms with Crippen molar-refractivity contribution in [2.45, 2.75) is 25.6 Å². The summed E-state index contributed by atoms with van der Waals surface area (Å²) in [6, 6.07) is 11.8. The van der Waals surface area contributed by atoms with Gasteiger partial charge in [0, 0.05) is 12.4 Å². The van der Waals surface area contributed by atoms with Gasteiger partial charge in [0.1, 0.15) is 18.0 Å². The third-order valence-electron chi connectivity index (χ3n) is 3.96. The topological polar surface area (TPSA) is 46.8 Å². The number of hydrogen-bond donors (Lipinski definition) is 1. The number of fused-ring (bicyclic) bond motifs is 2. The van der Waals surface area contributed by atoms with Crippen molar-refractivity contribution in [3.05, 3.63) is 65.6 Å². The maximum atomic E-state index is 9.81. The van der Waals surface area contributed by atoms with Crippen LogP contribution in [0, 0.1) is 0 Å². The standard InChI is InChI=1S/C17H16N2O2/c20-16-7-4-12-9-14(5-6-15(12)16)21-11-13-10-19-8-2-1-3-17(19)18-13/h1-3,5-6,8-10,16,20H,4,7,11H2/t16-/m0/s1. The fourth-order valence-electron chi connectivity index (χ4n) is 2.88. The third kappa shape index (κ3) is 2.28. The molecule has 1 aliphatic rings. The molecule has 0 aliphatic heterocycles. The molecule has 1 aromatic carbocycles. The van der Waals surface area contributed by atoms with Crippen LogP contribution in [0.3, 0.4) is 0 Å². The van der Waals surface area contributed by atoms with E-state index < -0.39 is 0 Å². The molecule has 1 N–H and O–H groups in total. The first kappa shape index (κ1) is 12.4. The maximum absolute atomic E-state index is 9.81. The van der Waals surface area contributed by atoms with Crippen molar-refractivity contribution >= 4 is 5.65 Å². The van der Waals surface area contributed by atoms with Crippen molar-refractivity contribution in [3.8, 4) is 5.75 Å². The normalized spacial score (nSPS) is 17.1. The van der Waals surface area contributed by atoms with Crippen LogP contribution in [0.5, 0.6) is 5.75 Å². The molecule has 2 aromatic heterocycles. The van der Waals surface area contributed by atoms with Gasteiger partial charge in [-0.3, -0.25) is 0 Å². The molecular weight excluding hydrogens is 264 g/mol. The first-order chi connectivity index (χ1) is 10.3. The van der Waals surface area contributed by atoms with Gasteiger partial charge in [-0.1, -0.05) is 12.1 Å². The van der Waals surface area contributed by atoms with Gasteiger partial charge in [-0.25, -0.2) is 4.98 Å². The zero-order valence-electron chi connectivity index (χ0n) is 11.6. The fourth-order valence-corrected chi connectivity index (χ4v) is 2.88. The molecule has 0 unspecified atom stereocenters. The van der Waals surface area contributed by atoms with E-state index in [0.29, 0.717) is 6.61 Å². The van der Waals surface area contributed by atoms with Crippen molar-refractivity contribution in [3.63, 3.8) is 0 Å². The van der Waals surface area contributed by atoms with Crippen molar-refractivity contribution in [2.75, 3.05) is 0 Å². The largest absolute Gasteiger partial charge is 0.487 e. The van der Waals surface area contributed by atoms with Gasteiger partial charge in [0.05, 0.1) is 11.8 Å². The van der Waals surface area contributed by atoms with Gasteiger partial charge in [-0.15, -0.1) is 0 Å². The predicted octanol–water partition coefficient (Wildman–Crippen LogP) is 2.89. The molecule has 1 atom stereocenters. The molecule has 0 amide bonds. The number of aliphatic hydroxyl groups excluding tert-OH is 1. The SMILES string of the molecule is O[C@H]1CCc2cc(OCc3cn4ccccc4n3)ccc21. The Bertz CT molecular complexity index is 761. The van der Waals surface area contributed by atoms with Gasteiger partial charge in [-0.2, -0.15) is 0 Å². The Morgan fingerprint density at radius 1 is 1.29 bits per heavy atom. The van der Waals surface area contributed by atoms with Crippen LogP contribution in [0.15, 0.2) is 48.8 Å². The Kier molecular flexibility index (Phi) is 2.89. The van der Waals surface area contributed by atoms with E-state index >= 15 is 0 Å². The number of aryl methyl sites for hydroxylation is 1. The van der Waals surface area contributed by atoms with Crippen molar-refractivity contribution in [1.29, 1.82) is 0 Å². The van der Waals surface area contributed by atoms with E-state index in [4.69, 9.17) is 4.74 Å². The highest BCUT2D eigenvalue weighted by molar-refractivity contribution is 5.41. The molecule has 0 fully saturated rings. The molecule has 4 nitrogen and oxygen atoms in total. The average Bonchev–Trinajstić information content (AvgIpc) is 3.08. The highest BCUT2D eigenvalue weighted by atomic mass is 16.5. The second-order valence-corrected chi connectivity index (χ2v) is 5.40. The fraction of sp³-hybridized carbons (Fsp3) is 0.235. The molecule has 2 heterocycles. The van der Waals surface area contributed by atoms with Crippen LogP contribution in [0.1, 0.15) is 29.3 Å². The summed E-state index contributed by atoms with van der Waals surface area (Å²) in [7, 11) is 0. The number of imidazole rings is 1. The Morgan fingerprint density at radius 3 is 3.14 bits per heavy atom. The Hall–Kier alpha value is -2.33. The Balaban J connectivity index is 1.51. The molecule has 106 valence electrons. The average molecular weight is 280 g/mol. The van der Waals surface area contributed by atoms with Crippen LogP contribution in [0.25, 0.3) is 5.65 Å². The van der Waals surface area contributed by atoms with E-state index in [1.165, 1.54) is 5.56 Å². The number of benzene rings is 1. The van der Waals surface area contributed by atoms with Crippen LogP contribution in [-0.2, 0) is 13.0 Å². The lowest BCUT2D eigenvalue weighted by atomic mass is 10.1. The van der Waals surface area contributed by atoms with E-state index in [2.05, 4.69) is 4.98 Å². The number of aromatic nitrogens is 2. The van der Waals surface area contributed by atoms with Crippen molar-refractivity contribution in [1.82, 2.24) is 9.38 Å². The monoisotopic (exact) mass is 280 g/mol. The number of ether oxygens (including phenoxy) is 1. The maximum Gasteiger partial charge on any atom is 0.137 e. The van der Waals surface area contributed by atoms with Crippen LogP contribution in [0.2, 0.25) is 0 Å². The molecule has 4 rings (SSSR count). The summed E-state index contributed by atoms with van der Waals surface area (Å²) >= 11 is 0. The van der Waals surface area contributed by atoms with E-state index in [-0.39, 0.29) is 6.10 Å². The van der Waals surface area contributed by atoms with E-state index in [1.54, 1.807) is 0 Å². The van der Waals surface area contributed by atoms with E-state index in [1.807, 2.05) is 53.2 Å². The quantitative estimate of drug-likeness (QED) is 0.802. The minimum Gasteiger partial charge on any atom is -0.487 e. The lowest BCUT2D eigenvalue weighted by Gasteiger charge is -2.07. The van der Waals surface area contributed by atoms with Crippen LogP contribution in [-0.4, -0.2) is 14.5 Å². The number of pyridine rings is 1. The number of rotatable bonds is 3. The summed E-state index contributed by atoms with van der Waals surface area (Å²) < 4.78 is 7.81. The molecule has 1 aliphatic carbocycles. The molecule has 4 heteroatoms. The van der Waals surface area contributed by atoms with Gasteiger partial charge >= 0.3 is 0 Å². The highest BCUT2D eigenvalue weighted by Crippen LogP contribution is 2.33. The van der Waals surface area contributed by atoms with Gasteiger partial charge in [-0.05, 0) is 48.2 Å². The van der Waals surface area contributed by atoms with Crippen LogP contribution in [0.4, 0.5) is 0 Å². The molecule has 0 bridgehead atoms. The minimum atomic E-state index is -0.313. The third-order valence-corrected chi connectivity index (χ3v) is 3.96. The number of nitrogens with zero attached hydrogens (tertiary/aromatic N) is 2. The van der Waals surface area contributed by atoms with Gasteiger partial charge in [0.15, 0.2) is 0 Å². The van der Waals surface area contributed by atoms with E-state index in [9.17, 15) is 5.11 Å². The molecule has 0 spiro atoms. The first-order valence-electron chi connectivity index (χ1n) is 7.16. The van der Waals surface area contributed by atoms with Gasteiger partial charge in [0.2, 0.25) is 0 Å². The van der Waals surface area contributed by atoms with Gasteiger partial charge < -0.3 is 14.2 Å². The molecular formula is C17H16N2O2. The van der Waals surface area contributed by atoms with E-state index in [0.717, 1.165) is 35.5 Å². The van der Waals surface area contributed by atoms with Crippen LogP contribution < -0.4 is 4.74 Å². The smallest absolute Gasteiger partial charge is 0.137 e. The summed E-state index contributed by atoms with van der Waals surface area (Å²) in [6.45, 7) is 0.447. The van der Waals surface area contributed by atoms with Crippen LogP contribution >= 0.6 is 0 Å². The second-order valence-electron chi connectivity index (χ2n) is 5.40. The van der Waals surface area contributed by atoms with Crippen molar-refractivity contribution < 1.29 is 9.84 Å². The summed E-state index contributed by atoms with van der Waals surface area (Å²) in [5.74, 6) is 0.833. The highest BCUT2D eigenvalue weighted by Gasteiger charge is 2.20. The molecule has 0 saturated heterocycles. The molecule has 0 radical (unpaired) electrons. The molecule has 0 saturated carbocycles.